The number of halogens is 4. The summed E-state index contributed by atoms with van der Waals surface area (Å²) in [4.78, 5) is 0. The van der Waals surface area contributed by atoms with Gasteiger partial charge in [0, 0.05) is 6.07 Å². The molecule has 1 aromatic rings. The van der Waals surface area contributed by atoms with E-state index in [9.17, 15) is 17.6 Å². The Hall–Kier alpha value is -1.50. The van der Waals surface area contributed by atoms with Crippen LogP contribution in [-0.2, 0) is 4.74 Å². The van der Waals surface area contributed by atoms with E-state index >= 15 is 0 Å². The minimum Gasteiger partial charge on any atom is -0.491 e. The molecular weight excluding hydrogens is 242 g/mol. The van der Waals surface area contributed by atoms with E-state index in [0.29, 0.717) is 0 Å². The van der Waals surface area contributed by atoms with Crippen molar-refractivity contribution in [3.63, 3.8) is 0 Å². The summed E-state index contributed by atoms with van der Waals surface area (Å²) >= 11 is 0. The molecule has 3 nitrogen and oxygen atoms in total. The molecule has 7 heteroatoms. The van der Waals surface area contributed by atoms with Gasteiger partial charge >= 0.3 is 6.18 Å². The topological polar surface area (TPSA) is 44.5 Å². The lowest BCUT2D eigenvalue weighted by Gasteiger charge is -2.09. The van der Waals surface area contributed by atoms with Gasteiger partial charge in [-0.2, -0.15) is 13.2 Å². The zero-order valence-electron chi connectivity index (χ0n) is 8.76. The highest BCUT2D eigenvalue weighted by Crippen LogP contribution is 2.18. The maximum atomic E-state index is 12.9. The lowest BCUT2D eigenvalue weighted by atomic mass is 10.3. The standard InChI is InChI=1S/C10H11F4NO2/c11-8-5-7(1-2-9(8)15)17-4-3-16-6-10(12,13)14/h1-2,5H,3-4,6,15H2. The van der Waals surface area contributed by atoms with E-state index in [-0.39, 0.29) is 24.7 Å². The summed E-state index contributed by atoms with van der Waals surface area (Å²) in [5.41, 5.74) is 5.21. The van der Waals surface area contributed by atoms with Gasteiger partial charge in [-0.3, -0.25) is 0 Å². The number of ether oxygens (including phenoxy) is 2. The Balaban J connectivity index is 2.25. The largest absolute Gasteiger partial charge is 0.491 e. The van der Waals surface area contributed by atoms with E-state index < -0.39 is 18.6 Å². The molecular formula is C10H11F4NO2. The first-order chi connectivity index (χ1) is 7.88. The first kappa shape index (κ1) is 13.6. The molecule has 0 spiro atoms. The van der Waals surface area contributed by atoms with Crippen LogP contribution in [0, 0.1) is 5.82 Å². The van der Waals surface area contributed by atoms with Crippen LogP contribution < -0.4 is 10.5 Å². The fourth-order valence-corrected chi connectivity index (χ4v) is 1.00. The summed E-state index contributed by atoms with van der Waals surface area (Å²) < 4.78 is 57.2. The molecule has 0 bridgehead atoms. The number of nitrogen functional groups attached to an aromatic ring is 1. The summed E-state index contributed by atoms with van der Waals surface area (Å²) in [6, 6.07) is 3.78. The first-order valence-corrected chi connectivity index (χ1v) is 4.71. The van der Waals surface area contributed by atoms with Gasteiger partial charge in [-0.25, -0.2) is 4.39 Å². The van der Waals surface area contributed by atoms with Crippen molar-refractivity contribution in [1.29, 1.82) is 0 Å². The van der Waals surface area contributed by atoms with Gasteiger partial charge in [0.05, 0.1) is 12.3 Å². The Morgan fingerprint density at radius 2 is 1.88 bits per heavy atom. The van der Waals surface area contributed by atoms with Crippen LogP contribution in [0.3, 0.4) is 0 Å². The van der Waals surface area contributed by atoms with E-state index in [0.717, 1.165) is 6.07 Å². The molecule has 0 aliphatic rings. The van der Waals surface area contributed by atoms with E-state index in [1.807, 2.05) is 0 Å². The van der Waals surface area contributed by atoms with Crippen molar-refractivity contribution < 1.29 is 27.0 Å². The molecule has 17 heavy (non-hydrogen) atoms. The third kappa shape index (κ3) is 5.39. The van der Waals surface area contributed by atoms with Crippen molar-refractivity contribution in [2.75, 3.05) is 25.6 Å². The highest BCUT2D eigenvalue weighted by molar-refractivity contribution is 5.43. The number of alkyl halides is 3. The minimum atomic E-state index is -4.35. The highest BCUT2D eigenvalue weighted by atomic mass is 19.4. The number of nitrogens with two attached hydrogens (primary N) is 1. The van der Waals surface area contributed by atoms with Gasteiger partial charge in [-0.15, -0.1) is 0 Å². The van der Waals surface area contributed by atoms with Crippen LogP contribution in [0.2, 0.25) is 0 Å². The van der Waals surface area contributed by atoms with Gasteiger partial charge in [0.2, 0.25) is 0 Å². The Labute approximate surface area is 95.1 Å². The van der Waals surface area contributed by atoms with E-state index in [1.54, 1.807) is 0 Å². The maximum Gasteiger partial charge on any atom is 0.411 e. The Morgan fingerprint density at radius 1 is 1.18 bits per heavy atom. The molecule has 0 fully saturated rings. The predicted molar refractivity (Wildman–Crippen MR) is 53.2 cm³/mol. The second-order valence-electron chi connectivity index (χ2n) is 3.20. The van der Waals surface area contributed by atoms with Crippen LogP contribution in [0.25, 0.3) is 0 Å². The average molecular weight is 253 g/mol. The van der Waals surface area contributed by atoms with Gasteiger partial charge < -0.3 is 15.2 Å². The third-order valence-corrected chi connectivity index (χ3v) is 1.73. The lowest BCUT2D eigenvalue weighted by Crippen LogP contribution is -2.19. The summed E-state index contributed by atoms with van der Waals surface area (Å²) in [6.07, 6.45) is -4.35. The molecule has 2 N–H and O–H groups in total. The molecule has 0 radical (unpaired) electrons. The Kier molecular flexibility index (Phi) is 4.56. The predicted octanol–water partition coefficient (Wildman–Crippen LogP) is 2.37. The van der Waals surface area contributed by atoms with E-state index in [1.165, 1.54) is 12.1 Å². The second kappa shape index (κ2) is 5.72. The van der Waals surface area contributed by atoms with Crippen molar-refractivity contribution >= 4 is 5.69 Å². The molecule has 0 amide bonds. The van der Waals surface area contributed by atoms with Crippen molar-refractivity contribution in [1.82, 2.24) is 0 Å². The van der Waals surface area contributed by atoms with Crippen molar-refractivity contribution in [2.45, 2.75) is 6.18 Å². The summed E-state index contributed by atoms with van der Waals surface area (Å²) in [5, 5.41) is 0. The molecule has 1 aromatic carbocycles. The normalized spacial score (nSPS) is 11.5. The smallest absolute Gasteiger partial charge is 0.411 e. The van der Waals surface area contributed by atoms with Gasteiger partial charge in [0.15, 0.2) is 0 Å². The number of benzene rings is 1. The monoisotopic (exact) mass is 253 g/mol. The van der Waals surface area contributed by atoms with Crippen molar-refractivity contribution in [3.8, 4) is 5.75 Å². The Morgan fingerprint density at radius 3 is 2.47 bits per heavy atom. The third-order valence-electron chi connectivity index (χ3n) is 1.73. The number of anilines is 1. The van der Waals surface area contributed by atoms with Gasteiger partial charge in [0.25, 0.3) is 0 Å². The van der Waals surface area contributed by atoms with Crippen LogP contribution in [-0.4, -0.2) is 26.0 Å². The summed E-state index contributed by atoms with van der Waals surface area (Å²) in [5.74, 6) is -0.453. The van der Waals surface area contributed by atoms with Crippen LogP contribution in [0.1, 0.15) is 0 Å². The molecule has 0 saturated carbocycles. The molecule has 0 aromatic heterocycles. The highest BCUT2D eigenvalue weighted by Gasteiger charge is 2.27. The zero-order valence-corrected chi connectivity index (χ0v) is 8.76. The van der Waals surface area contributed by atoms with Crippen LogP contribution in [0.5, 0.6) is 5.75 Å². The van der Waals surface area contributed by atoms with Crippen LogP contribution >= 0.6 is 0 Å². The van der Waals surface area contributed by atoms with Gasteiger partial charge in [-0.05, 0) is 12.1 Å². The van der Waals surface area contributed by atoms with E-state index in [4.69, 9.17) is 10.5 Å². The molecule has 0 atom stereocenters. The molecule has 1 rings (SSSR count). The number of hydrogen-bond acceptors (Lipinski definition) is 3. The minimum absolute atomic E-state index is 0.0225. The average Bonchev–Trinajstić information content (AvgIpc) is 2.21. The lowest BCUT2D eigenvalue weighted by molar-refractivity contribution is -0.175. The summed E-state index contributed by atoms with van der Waals surface area (Å²) in [6.45, 7) is -1.66. The first-order valence-electron chi connectivity index (χ1n) is 4.71. The summed E-state index contributed by atoms with van der Waals surface area (Å²) in [7, 11) is 0. The second-order valence-corrected chi connectivity index (χ2v) is 3.20. The van der Waals surface area contributed by atoms with E-state index in [2.05, 4.69) is 4.74 Å². The van der Waals surface area contributed by atoms with Crippen molar-refractivity contribution in [2.24, 2.45) is 0 Å². The molecule has 0 aliphatic carbocycles. The molecule has 96 valence electrons. The SMILES string of the molecule is Nc1ccc(OCCOCC(F)(F)F)cc1F. The fraction of sp³-hybridized carbons (Fsp3) is 0.400. The number of rotatable bonds is 5. The van der Waals surface area contributed by atoms with Gasteiger partial charge in [-0.1, -0.05) is 0 Å². The van der Waals surface area contributed by atoms with Gasteiger partial charge in [0.1, 0.15) is 24.8 Å². The molecule has 0 aliphatic heterocycles. The zero-order chi connectivity index (χ0) is 12.9. The molecule has 0 unspecified atom stereocenters. The molecule has 0 saturated heterocycles. The van der Waals surface area contributed by atoms with Crippen LogP contribution in [0.15, 0.2) is 18.2 Å². The quantitative estimate of drug-likeness (QED) is 0.497. The molecule has 0 heterocycles. The van der Waals surface area contributed by atoms with Crippen molar-refractivity contribution in [3.05, 3.63) is 24.0 Å². The maximum absolute atomic E-state index is 12.9. The number of hydrogen-bond donors (Lipinski definition) is 1. The van der Waals surface area contributed by atoms with Crippen LogP contribution in [0.4, 0.5) is 23.2 Å². The fourth-order valence-electron chi connectivity index (χ4n) is 1.00. The Bertz CT molecular complexity index is 368.